The first-order chi connectivity index (χ1) is 17.4. The normalized spacial score (nSPS) is 10.4. The number of amides is 3. The molecule has 0 spiro atoms. The molecule has 0 saturated carbocycles. The number of carbonyl (C=O) groups is 3. The van der Waals surface area contributed by atoms with Crippen LogP contribution in [0.2, 0.25) is 10.0 Å². The van der Waals surface area contributed by atoms with Crippen LogP contribution in [0.25, 0.3) is 0 Å². The number of halogens is 3. The van der Waals surface area contributed by atoms with Crippen LogP contribution in [0.5, 0.6) is 5.75 Å². The van der Waals surface area contributed by atoms with Gasteiger partial charge in [-0.3, -0.25) is 9.59 Å². The van der Waals surface area contributed by atoms with Crippen molar-refractivity contribution in [3.05, 3.63) is 87.7 Å². The maximum absolute atomic E-state index is 12.9. The number of rotatable bonds is 11. The number of carbonyl (C=O) groups excluding carboxylic acids is 3. The summed E-state index contributed by atoms with van der Waals surface area (Å²) in [6, 6.07) is 14.1. The van der Waals surface area contributed by atoms with Crippen molar-refractivity contribution in [3.8, 4) is 5.75 Å². The van der Waals surface area contributed by atoms with Crippen molar-refractivity contribution in [2.45, 2.75) is 0 Å². The van der Waals surface area contributed by atoms with Crippen LogP contribution >= 0.6 is 23.2 Å². The molecule has 36 heavy (non-hydrogen) atoms. The first kappa shape index (κ1) is 26.9. The lowest BCUT2D eigenvalue weighted by atomic mass is 10.1. The molecular formula is C25H22Cl2FN3O5. The van der Waals surface area contributed by atoms with E-state index in [0.717, 1.165) is 0 Å². The zero-order chi connectivity index (χ0) is 25.9. The summed E-state index contributed by atoms with van der Waals surface area (Å²) in [4.78, 5) is 35.8. The Balaban J connectivity index is 1.38. The van der Waals surface area contributed by atoms with Crippen LogP contribution in [0.3, 0.4) is 0 Å². The van der Waals surface area contributed by atoms with Gasteiger partial charge >= 0.3 is 6.03 Å². The Bertz CT molecular complexity index is 1220. The highest BCUT2D eigenvalue weighted by Crippen LogP contribution is 2.25. The first-order valence-electron chi connectivity index (χ1n) is 10.7. The van der Waals surface area contributed by atoms with E-state index >= 15 is 0 Å². The molecule has 0 saturated heterocycles. The van der Waals surface area contributed by atoms with Gasteiger partial charge in [0.1, 0.15) is 18.2 Å². The minimum Gasteiger partial charge on any atom is -0.491 e. The van der Waals surface area contributed by atoms with Gasteiger partial charge in [-0.25, -0.2) is 9.18 Å². The number of ether oxygens (including phenoxy) is 2. The molecule has 0 atom stereocenters. The summed E-state index contributed by atoms with van der Waals surface area (Å²) in [5.74, 6) is -0.456. The van der Waals surface area contributed by atoms with Crippen molar-refractivity contribution >= 4 is 52.8 Å². The molecule has 0 aliphatic carbocycles. The van der Waals surface area contributed by atoms with Crippen LogP contribution in [0, 0.1) is 5.82 Å². The Hall–Kier alpha value is -3.66. The third-order valence-electron chi connectivity index (χ3n) is 4.70. The second kappa shape index (κ2) is 13.4. The predicted octanol–water partition coefficient (Wildman–Crippen LogP) is 5.41. The minimum absolute atomic E-state index is 0.191. The van der Waals surface area contributed by atoms with Crippen molar-refractivity contribution in [1.82, 2.24) is 5.32 Å². The number of hydrogen-bond acceptors (Lipinski definition) is 5. The number of hydrogen-bond donors (Lipinski definition) is 3. The number of benzene rings is 3. The van der Waals surface area contributed by atoms with E-state index in [1.54, 1.807) is 18.2 Å². The van der Waals surface area contributed by atoms with Gasteiger partial charge in [0.05, 0.1) is 29.5 Å². The summed E-state index contributed by atoms with van der Waals surface area (Å²) in [6.07, 6.45) is 0.602. The highest BCUT2D eigenvalue weighted by molar-refractivity contribution is 6.37. The zero-order valence-corrected chi connectivity index (χ0v) is 20.4. The van der Waals surface area contributed by atoms with Gasteiger partial charge in [-0.2, -0.15) is 0 Å². The lowest BCUT2D eigenvalue weighted by Gasteiger charge is -2.12. The quantitative estimate of drug-likeness (QED) is 0.225. The van der Waals surface area contributed by atoms with Crippen LogP contribution in [-0.2, 0) is 4.74 Å². The Morgan fingerprint density at radius 2 is 1.69 bits per heavy atom. The molecule has 0 aromatic heterocycles. The van der Waals surface area contributed by atoms with Crippen LogP contribution in [0.15, 0.2) is 60.7 Å². The second-order valence-corrected chi connectivity index (χ2v) is 8.14. The molecule has 188 valence electrons. The van der Waals surface area contributed by atoms with E-state index in [9.17, 15) is 18.8 Å². The fraction of sp³-hybridized carbons (Fsp3) is 0.160. The summed E-state index contributed by atoms with van der Waals surface area (Å²) in [6.45, 7) is 0.948. The molecule has 0 aliphatic rings. The summed E-state index contributed by atoms with van der Waals surface area (Å²) in [7, 11) is 0. The van der Waals surface area contributed by atoms with Gasteiger partial charge in [0.25, 0.3) is 5.91 Å². The van der Waals surface area contributed by atoms with E-state index in [4.69, 9.17) is 32.7 Å². The second-order valence-electron chi connectivity index (χ2n) is 7.29. The minimum atomic E-state index is -0.484. The molecular weight excluding hydrogens is 512 g/mol. The highest BCUT2D eigenvalue weighted by Gasteiger charge is 2.13. The van der Waals surface area contributed by atoms with Crippen LogP contribution in [0.1, 0.15) is 20.7 Å². The fourth-order valence-electron chi connectivity index (χ4n) is 2.97. The van der Waals surface area contributed by atoms with Gasteiger partial charge in [-0.1, -0.05) is 23.2 Å². The topological polar surface area (TPSA) is 106 Å². The molecule has 11 heteroatoms. The average molecular weight is 534 g/mol. The van der Waals surface area contributed by atoms with Crippen molar-refractivity contribution < 1.29 is 28.2 Å². The Kier molecular flexibility index (Phi) is 10.1. The molecule has 3 amide bonds. The summed E-state index contributed by atoms with van der Waals surface area (Å²) < 4.78 is 23.9. The van der Waals surface area contributed by atoms with Crippen LogP contribution in [0.4, 0.5) is 20.6 Å². The molecule has 0 radical (unpaired) electrons. The standard InChI is InChI=1S/C25H22Cl2FN3O5/c26-17-1-7-21(22(27)14-17)24(33)31-23-8-6-20(13-16(23)15-32)36-12-11-35-10-9-29-25(34)30-19-4-2-18(28)3-5-19/h1-8,13-15H,9-12H2,(H,31,33)(H2,29,30,34). The molecule has 3 rings (SSSR count). The summed E-state index contributed by atoms with van der Waals surface area (Å²) in [5, 5.41) is 8.42. The van der Waals surface area contributed by atoms with Gasteiger partial charge in [-0.05, 0) is 60.7 Å². The maximum atomic E-state index is 12.9. The van der Waals surface area contributed by atoms with E-state index < -0.39 is 11.9 Å². The Morgan fingerprint density at radius 1 is 0.917 bits per heavy atom. The molecule has 0 bridgehead atoms. The van der Waals surface area contributed by atoms with Gasteiger partial charge in [0.15, 0.2) is 6.29 Å². The Morgan fingerprint density at radius 3 is 2.42 bits per heavy atom. The lowest BCUT2D eigenvalue weighted by molar-refractivity contribution is 0.102. The number of anilines is 2. The summed E-state index contributed by atoms with van der Waals surface area (Å²) >= 11 is 11.9. The van der Waals surface area contributed by atoms with E-state index in [1.165, 1.54) is 42.5 Å². The van der Waals surface area contributed by atoms with E-state index in [2.05, 4.69) is 16.0 Å². The molecule has 3 aromatic rings. The molecule has 8 nitrogen and oxygen atoms in total. The largest absolute Gasteiger partial charge is 0.491 e. The molecule has 3 aromatic carbocycles. The third-order valence-corrected chi connectivity index (χ3v) is 5.25. The number of aldehydes is 1. The molecule has 0 fully saturated rings. The van der Waals surface area contributed by atoms with Gasteiger partial charge in [0, 0.05) is 22.8 Å². The van der Waals surface area contributed by atoms with E-state index in [-0.39, 0.29) is 48.3 Å². The lowest BCUT2D eigenvalue weighted by Crippen LogP contribution is -2.31. The summed E-state index contributed by atoms with van der Waals surface area (Å²) in [5.41, 5.74) is 1.22. The van der Waals surface area contributed by atoms with Crippen LogP contribution < -0.4 is 20.7 Å². The predicted molar refractivity (Wildman–Crippen MR) is 136 cm³/mol. The zero-order valence-electron chi connectivity index (χ0n) is 18.9. The average Bonchev–Trinajstić information content (AvgIpc) is 2.85. The smallest absolute Gasteiger partial charge is 0.319 e. The van der Waals surface area contributed by atoms with E-state index in [1.807, 2.05) is 0 Å². The maximum Gasteiger partial charge on any atom is 0.319 e. The Labute approximate surface area is 216 Å². The van der Waals surface area contributed by atoms with E-state index in [0.29, 0.717) is 28.4 Å². The van der Waals surface area contributed by atoms with Crippen molar-refractivity contribution in [2.75, 3.05) is 37.0 Å². The molecule has 0 aliphatic heterocycles. The van der Waals surface area contributed by atoms with Gasteiger partial charge < -0.3 is 25.4 Å². The highest BCUT2D eigenvalue weighted by atomic mass is 35.5. The van der Waals surface area contributed by atoms with Crippen molar-refractivity contribution in [1.29, 1.82) is 0 Å². The van der Waals surface area contributed by atoms with Crippen molar-refractivity contribution in [3.63, 3.8) is 0 Å². The molecule has 0 unspecified atom stereocenters. The van der Waals surface area contributed by atoms with Gasteiger partial charge in [0.2, 0.25) is 0 Å². The monoisotopic (exact) mass is 533 g/mol. The van der Waals surface area contributed by atoms with Crippen LogP contribution in [-0.4, -0.2) is 44.6 Å². The third kappa shape index (κ3) is 8.23. The SMILES string of the molecule is O=Cc1cc(OCCOCCNC(=O)Nc2ccc(F)cc2)ccc1NC(=O)c1ccc(Cl)cc1Cl. The van der Waals surface area contributed by atoms with Gasteiger partial charge in [-0.15, -0.1) is 0 Å². The number of urea groups is 1. The number of nitrogens with one attached hydrogen (secondary N) is 3. The molecule has 3 N–H and O–H groups in total. The molecule has 0 heterocycles. The first-order valence-corrected chi connectivity index (χ1v) is 11.5. The van der Waals surface area contributed by atoms with Crippen molar-refractivity contribution in [2.24, 2.45) is 0 Å². The fourth-order valence-corrected chi connectivity index (χ4v) is 3.47.